The van der Waals surface area contributed by atoms with Crippen molar-refractivity contribution in [2.45, 2.75) is 43.3 Å². The van der Waals surface area contributed by atoms with Crippen LogP contribution in [0.1, 0.15) is 32.1 Å². The van der Waals surface area contributed by atoms with Gasteiger partial charge in [-0.05, 0) is 48.6 Å². The number of amides is 1. The summed E-state index contributed by atoms with van der Waals surface area (Å²) in [6.45, 7) is 0. The molecule has 0 spiro atoms. The number of rotatable bonds is 5. The van der Waals surface area contributed by atoms with E-state index in [4.69, 9.17) is 0 Å². The van der Waals surface area contributed by atoms with Crippen LogP contribution in [-0.4, -0.2) is 27.3 Å². The second-order valence-corrected chi connectivity index (χ2v) is 8.70. The fraction of sp³-hybridized carbons (Fsp3) is 0.350. The molecule has 2 aromatic heterocycles. The molecule has 146 valence electrons. The molecule has 3 aromatic rings. The van der Waals surface area contributed by atoms with Crippen molar-refractivity contribution in [1.29, 1.82) is 0 Å². The zero-order chi connectivity index (χ0) is 19.5. The Balaban J connectivity index is 1.60. The molecule has 0 aliphatic heterocycles. The topological polar surface area (TPSA) is 64.0 Å². The van der Waals surface area contributed by atoms with Crippen molar-refractivity contribution < 1.29 is 9.18 Å². The molecule has 1 aliphatic rings. The van der Waals surface area contributed by atoms with Crippen molar-refractivity contribution in [3.05, 3.63) is 51.9 Å². The third kappa shape index (κ3) is 4.12. The van der Waals surface area contributed by atoms with Crippen LogP contribution in [0.2, 0.25) is 0 Å². The summed E-state index contributed by atoms with van der Waals surface area (Å²) in [6, 6.07) is 7.75. The number of halogens is 1. The highest BCUT2D eigenvalue weighted by Crippen LogP contribution is 2.24. The second kappa shape index (κ2) is 8.45. The first-order valence-electron chi connectivity index (χ1n) is 9.30. The summed E-state index contributed by atoms with van der Waals surface area (Å²) in [6.07, 6.45) is 5.58. The maximum atomic E-state index is 13.3. The zero-order valence-electron chi connectivity index (χ0n) is 15.2. The molecule has 28 heavy (non-hydrogen) atoms. The van der Waals surface area contributed by atoms with Crippen LogP contribution < -0.4 is 10.9 Å². The molecule has 1 amide bonds. The van der Waals surface area contributed by atoms with E-state index in [0.29, 0.717) is 21.1 Å². The number of thioether (sulfide) groups is 1. The monoisotopic (exact) mass is 417 g/mol. The standard InChI is InChI=1S/C20H20FN3O2S2/c21-13-6-8-15(9-7-13)24-19(26)18-16(10-11-27-18)23-20(24)28-12-17(25)22-14-4-2-1-3-5-14/h6-11,14H,1-5,12H2,(H,22,25). The summed E-state index contributed by atoms with van der Waals surface area (Å²) >= 11 is 2.55. The largest absolute Gasteiger partial charge is 0.353 e. The van der Waals surface area contributed by atoms with Crippen molar-refractivity contribution in [2.75, 3.05) is 5.75 Å². The first-order valence-corrected chi connectivity index (χ1v) is 11.2. The van der Waals surface area contributed by atoms with Gasteiger partial charge in [0.25, 0.3) is 5.56 Å². The van der Waals surface area contributed by atoms with E-state index in [9.17, 15) is 14.0 Å². The lowest BCUT2D eigenvalue weighted by Crippen LogP contribution is -2.37. The molecule has 1 aliphatic carbocycles. The number of nitrogens with zero attached hydrogens (tertiary/aromatic N) is 2. The zero-order valence-corrected chi connectivity index (χ0v) is 16.8. The van der Waals surface area contributed by atoms with Crippen LogP contribution >= 0.6 is 23.1 Å². The number of nitrogens with one attached hydrogen (secondary N) is 1. The van der Waals surface area contributed by atoms with E-state index in [-0.39, 0.29) is 29.1 Å². The summed E-state index contributed by atoms with van der Waals surface area (Å²) in [7, 11) is 0. The second-order valence-electron chi connectivity index (χ2n) is 6.84. The Morgan fingerprint density at radius 2 is 1.96 bits per heavy atom. The molecule has 8 heteroatoms. The van der Waals surface area contributed by atoms with Gasteiger partial charge < -0.3 is 5.32 Å². The highest BCUT2D eigenvalue weighted by molar-refractivity contribution is 7.99. The Morgan fingerprint density at radius 3 is 2.71 bits per heavy atom. The van der Waals surface area contributed by atoms with E-state index in [1.807, 2.05) is 5.38 Å². The molecule has 5 nitrogen and oxygen atoms in total. The number of carbonyl (C=O) groups excluding carboxylic acids is 1. The van der Waals surface area contributed by atoms with Crippen molar-refractivity contribution in [2.24, 2.45) is 0 Å². The summed E-state index contributed by atoms with van der Waals surface area (Å²) < 4.78 is 15.3. The molecule has 0 radical (unpaired) electrons. The van der Waals surface area contributed by atoms with Crippen LogP contribution in [0.4, 0.5) is 4.39 Å². The highest BCUT2D eigenvalue weighted by Gasteiger charge is 2.18. The van der Waals surface area contributed by atoms with E-state index in [1.165, 1.54) is 46.2 Å². The fourth-order valence-corrected chi connectivity index (χ4v) is 5.04. The molecule has 1 N–H and O–H groups in total. The van der Waals surface area contributed by atoms with Crippen molar-refractivity contribution >= 4 is 39.2 Å². The molecule has 0 bridgehead atoms. The van der Waals surface area contributed by atoms with E-state index < -0.39 is 0 Å². The Morgan fingerprint density at radius 1 is 1.21 bits per heavy atom. The normalized spacial score (nSPS) is 15.0. The molecule has 0 unspecified atom stereocenters. The van der Waals surface area contributed by atoms with Crippen LogP contribution in [-0.2, 0) is 4.79 Å². The maximum absolute atomic E-state index is 13.3. The van der Waals surface area contributed by atoms with Crippen molar-refractivity contribution in [3.63, 3.8) is 0 Å². The van der Waals surface area contributed by atoms with Gasteiger partial charge in [-0.3, -0.25) is 14.2 Å². The van der Waals surface area contributed by atoms with Crippen LogP contribution in [0.25, 0.3) is 15.9 Å². The van der Waals surface area contributed by atoms with Gasteiger partial charge in [0.1, 0.15) is 10.5 Å². The van der Waals surface area contributed by atoms with E-state index in [0.717, 1.165) is 25.7 Å². The molecule has 1 saturated carbocycles. The van der Waals surface area contributed by atoms with Gasteiger partial charge in [-0.25, -0.2) is 9.37 Å². The molecule has 0 atom stereocenters. The molecule has 2 heterocycles. The van der Waals surface area contributed by atoms with Gasteiger partial charge in [-0.2, -0.15) is 0 Å². The van der Waals surface area contributed by atoms with Gasteiger partial charge in [-0.15, -0.1) is 11.3 Å². The summed E-state index contributed by atoms with van der Waals surface area (Å²) in [4.78, 5) is 29.9. The smallest absolute Gasteiger partial charge is 0.276 e. The van der Waals surface area contributed by atoms with E-state index in [1.54, 1.807) is 18.2 Å². The van der Waals surface area contributed by atoms with E-state index in [2.05, 4.69) is 10.3 Å². The Labute approximate surface area is 170 Å². The Hall–Kier alpha value is -2.19. The average molecular weight is 418 g/mol. The third-order valence-corrected chi connectivity index (χ3v) is 6.67. The number of carbonyl (C=O) groups is 1. The summed E-state index contributed by atoms with van der Waals surface area (Å²) in [5.74, 6) is -0.245. The predicted octanol–water partition coefficient (Wildman–Crippen LogP) is 4.13. The molecule has 1 fully saturated rings. The lowest BCUT2D eigenvalue weighted by molar-refractivity contribution is -0.119. The lowest BCUT2D eigenvalue weighted by Gasteiger charge is -2.22. The van der Waals surface area contributed by atoms with Crippen LogP contribution in [0.15, 0.2) is 45.7 Å². The number of aromatic nitrogens is 2. The molecule has 0 saturated heterocycles. The first-order chi connectivity index (χ1) is 13.6. The highest BCUT2D eigenvalue weighted by atomic mass is 32.2. The van der Waals surface area contributed by atoms with Crippen molar-refractivity contribution in [3.8, 4) is 5.69 Å². The van der Waals surface area contributed by atoms with Gasteiger partial charge in [0.05, 0.1) is 17.0 Å². The number of benzene rings is 1. The maximum Gasteiger partial charge on any atom is 0.276 e. The molecule has 4 rings (SSSR count). The average Bonchev–Trinajstić information content (AvgIpc) is 3.17. The van der Waals surface area contributed by atoms with Gasteiger partial charge in [0, 0.05) is 6.04 Å². The number of thiophene rings is 1. The molecular formula is C20H20FN3O2S2. The molecule has 1 aromatic carbocycles. The number of hydrogen-bond donors (Lipinski definition) is 1. The first kappa shape index (κ1) is 19.1. The van der Waals surface area contributed by atoms with E-state index >= 15 is 0 Å². The van der Waals surface area contributed by atoms with Gasteiger partial charge >= 0.3 is 0 Å². The Bertz CT molecular complexity index is 1040. The fourth-order valence-electron chi connectivity index (χ4n) is 3.45. The summed E-state index contributed by atoms with van der Waals surface area (Å²) in [5, 5.41) is 5.33. The lowest BCUT2D eigenvalue weighted by atomic mass is 9.95. The van der Waals surface area contributed by atoms with Crippen molar-refractivity contribution in [1.82, 2.24) is 14.9 Å². The minimum atomic E-state index is -0.372. The van der Waals surface area contributed by atoms with Gasteiger partial charge in [0.2, 0.25) is 5.91 Å². The van der Waals surface area contributed by atoms with Crippen LogP contribution in [0, 0.1) is 5.82 Å². The SMILES string of the molecule is O=C(CSc1nc2ccsc2c(=O)n1-c1ccc(F)cc1)NC1CCCCC1. The number of fused-ring (bicyclic) bond motifs is 1. The quantitative estimate of drug-likeness (QED) is 0.501. The van der Waals surface area contributed by atoms with Gasteiger partial charge in [0.15, 0.2) is 5.16 Å². The van der Waals surface area contributed by atoms with Gasteiger partial charge in [-0.1, -0.05) is 31.0 Å². The predicted molar refractivity (Wildman–Crippen MR) is 111 cm³/mol. The minimum Gasteiger partial charge on any atom is -0.353 e. The minimum absolute atomic E-state index is 0.0535. The summed E-state index contributed by atoms with van der Waals surface area (Å²) in [5.41, 5.74) is 0.940. The molecular weight excluding hydrogens is 397 g/mol. The number of hydrogen-bond acceptors (Lipinski definition) is 5. The third-order valence-electron chi connectivity index (χ3n) is 4.84. The Kier molecular flexibility index (Phi) is 5.77. The van der Waals surface area contributed by atoms with Crippen LogP contribution in [0.3, 0.4) is 0 Å². The van der Waals surface area contributed by atoms with Crippen LogP contribution in [0.5, 0.6) is 0 Å².